The molecule has 0 saturated heterocycles. The monoisotopic (exact) mass is 418 g/mol. The van der Waals surface area contributed by atoms with Crippen LogP contribution in [0.5, 0.6) is 0 Å². The number of benzene rings is 1. The normalized spacial score (nSPS) is 23.4. The topological polar surface area (TPSA) is 82.3 Å². The molecule has 1 saturated carbocycles. The van der Waals surface area contributed by atoms with E-state index in [2.05, 4.69) is 35.3 Å². The van der Waals surface area contributed by atoms with Gasteiger partial charge in [0, 0.05) is 11.6 Å². The molecular formula is C22H34N4O2S. The molecule has 1 aromatic carbocycles. The largest absolute Gasteiger partial charge is 0.358 e. The van der Waals surface area contributed by atoms with Crippen LogP contribution in [-0.4, -0.2) is 29.0 Å². The zero-order valence-corrected chi connectivity index (χ0v) is 18.6. The quantitative estimate of drug-likeness (QED) is 0.421. The van der Waals surface area contributed by atoms with Crippen LogP contribution in [-0.2, 0) is 4.79 Å². The Kier molecular flexibility index (Phi) is 8.89. The Bertz CT molecular complexity index is 697. The number of rotatable bonds is 6. The molecule has 4 N–H and O–H groups in total. The smallest absolute Gasteiger partial charge is 0.261 e. The van der Waals surface area contributed by atoms with Crippen LogP contribution < -0.4 is 21.5 Å². The third-order valence-electron chi connectivity index (χ3n) is 6.14. The van der Waals surface area contributed by atoms with Crippen molar-refractivity contribution < 1.29 is 9.59 Å². The van der Waals surface area contributed by atoms with Crippen molar-refractivity contribution in [1.29, 1.82) is 0 Å². The van der Waals surface area contributed by atoms with Crippen LogP contribution in [0.15, 0.2) is 30.3 Å². The van der Waals surface area contributed by atoms with Gasteiger partial charge in [0.15, 0.2) is 5.11 Å². The van der Waals surface area contributed by atoms with Gasteiger partial charge in [0.2, 0.25) is 0 Å². The molecule has 5 atom stereocenters. The summed E-state index contributed by atoms with van der Waals surface area (Å²) in [6, 6.07) is 8.55. The maximum Gasteiger partial charge on any atom is 0.261 e. The molecule has 0 spiro atoms. The zero-order chi connectivity index (χ0) is 21.4. The number of amides is 2. The van der Waals surface area contributed by atoms with Crippen molar-refractivity contribution in [3.63, 3.8) is 0 Å². The molecule has 160 valence electrons. The molecule has 1 fully saturated rings. The van der Waals surface area contributed by atoms with Gasteiger partial charge in [-0.25, -0.2) is 0 Å². The van der Waals surface area contributed by atoms with E-state index in [9.17, 15) is 9.59 Å². The number of carbonyl (C=O) groups is 2. The molecule has 2 rings (SSSR count). The summed E-state index contributed by atoms with van der Waals surface area (Å²) in [6.07, 6.45) is 4.25. The molecule has 6 nitrogen and oxygen atoms in total. The molecule has 0 aromatic heterocycles. The first-order chi connectivity index (χ1) is 13.8. The van der Waals surface area contributed by atoms with Crippen molar-refractivity contribution in [2.75, 3.05) is 0 Å². The molecular weight excluding hydrogens is 384 g/mol. The van der Waals surface area contributed by atoms with E-state index in [0.29, 0.717) is 28.6 Å². The van der Waals surface area contributed by atoms with Crippen LogP contribution in [0.1, 0.15) is 63.7 Å². The predicted molar refractivity (Wildman–Crippen MR) is 120 cm³/mol. The van der Waals surface area contributed by atoms with E-state index in [0.717, 1.165) is 12.8 Å². The van der Waals surface area contributed by atoms with Gasteiger partial charge in [0.25, 0.3) is 11.8 Å². The molecule has 2 amide bonds. The minimum atomic E-state index is -0.656. The lowest BCUT2D eigenvalue weighted by Gasteiger charge is -2.35. The molecule has 1 aromatic rings. The Morgan fingerprint density at radius 2 is 1.83 bits per heavy atom. The van der Waals surface area contributed by atoms with Crippen molar-refractivity contribution in [2.24, 2.45) is 17.8 Å². The van der Waals surface area contributed by atoms with Gasteiger partial charge >= 0.3 is 0 Å². The SMILES string of the molecule is CC[C@H](C)[C@H](NC(=O)c1ccccc1)C(=O)NNC(=S)N[C@@H]1CCC[C@@H](C)[C@@H]1C. The average Bonchev–Trinajstić information content (AvgIpc) is 2.73. The second kappa shape index (κ2) is 11.1. The molecule has 0 heterocycles. The van der Waals surface area contributed by atoms with Crippen LogP contribution in [0.4, 0.5) is 0 Å². The second-order valence-electron chi connectivity index (χ2n) is 8.16. The first-order valence-corrected chi connectivity index (χ1v) is 11.0. The van der Waals surface area contributed by atoms with Gasteiger partial charge in [-0.1, -0.05) is 65.2 Å². The molecule has 0 aliphatic heterocycles. The van der Waals surface area contributed by atoms with Gasteiger partial charge in [-0.2, -0.15) is 0 Å². The Labute approximate surface area is 179 Å². The summed E-state index contributed by atoms with van der Waals surface area (Å²) in [5, 5.41) is 6.57. The lowest BCUT2D eigenvalue weighted by atomic mass is 9.78. The van der Waals surface area contributed by atoms with Crippen molar-refractivity contribution in [2.45, 2.75) is 65.5 Å². The summed E-state index contributed by atoms with van der Waals surface area (Å²) in [7, 11) is 0. The minimum Gasteiger partial charge on any atom is -0.358 e. The van der Waals surface area contributed by atoms with Crippen molar-refractivity contribution in [3.8, 4) is 0 Å². The predicted octanol–water partition coefficient (Wildman–Crippen LogP) is 3.15. The Hall–Kier alpha value is -2.15. The van der Waals surface area contributed by atoms with E-state index in [1.807, 2.05) is 19.9 Å². The Morgan fingerprint density at radius 3 is 2.48 bits per heavy atom. The Balaban J connectivity index is 1.90. The molecule has 0 radical (unpaired) electrons. The fourth-order valence-electron chi connectivity index (χ4n) is 3.70. The van der Waals surface area contributed by atoms with E-state index in [1.54, 1.807) is 24.3 Å². The maximum atomic E-state index is 12.7. The fourth-order valence-corrected chi connectivity index (χ4v) is 3.90. The van der Waals surface area contributed by atoms with Crippen molar-refractivity contribution >= 4 is 29.1 Å². The van der Waals surface area contributed by atoms with Crippen LogP contribution in [0.25, 0.3) is 0 Å². The number of carbonyl (C=O) groups excluding carboxylic acids is 2. The standard InChI is InChI=1S/C22H34N4O2S/c1-5-14(2)19(24-20(27)17-11-7-6-8-12-17)21(28)25-26-22(29)23-18-13-9-10-15(3)16(18)4/h6-8,11-12,14-16,18-19H,5,9-10,13H2,1-4H3,(H,24,27)(H,25,28)(H2,23,26,29)/t14-,15+,16-,18+,19-/m0/s1. The highest BCUT2D eigenvalue weighted by Crippen LogP contribution is 2.29. The average molecular weight is 419 g/mol. The van der Waals surface area contributed by atoms with Crippen LogP contribution in [0.3, 0.4) is 0 Å². The van der Waals surface area contributed by atoms with E-state index in [1.165, 1.54) is 12.8 Å². The highest BCUT2D eigenvalue weighted by atomic mass is 32.1. The minimum absolute atomic E-state index is 0.0230. The summed E-state index contributed by atoms with van der Waals surface area (Å²) in [5.41, 5.74) is 6.00. The summed E-state index contributed by atoms with van der Waals surface area (Å²) < 4.78 is 0. The highest BCUT2D eigenvalue weighted by Gasteiger charge is 2.29. The molecule has 1 aliphatic rings. The van der Waals surface area contributed by atoms with E-state index >= 15 is 0 Å². The number of hydrazine groups is 1. The molecule has 29 heavy (non-hydrogen) atoms. The third-order valence-corrected chi connectivity index (χ3v) is 6.36. The molecule has 7 heteroatoms. The van der Waals surface area contributed by atoms with Gasteiger partial charge in [-0.05, 0) is 48.5 Å². The lowest BCUT2D eigenvalue weighted by Crippen LogP contribution is -2.57. The van der Waals surface area contributed by atoms with Gasteiger partial charge in [0.05, 0.1) is 0 Å². The van der Waals surface area contributed by atoms with Gasteiger partial charge in [0.1, 0.15) is 6.04 Å². The van der Waals surface area contributed by atoms with E-state index in [-0.39, 0.29) is 17.7 Å². The zero-order valence-electron chi connectivity index (χ0n) is 17.8. The van der Waals surface area contributed by atoms with Gasteiger partial charge in [-0.15, -0.1) is 0 Å². The second-order valence-corrected chi connectivity index (χ2v) is 8.57. The Morgan fingerprint density at radius 1 is 1.14 bits per heavy atom. The van der Waals surface area contributed by atoms with E-state index in [4.69, 9.17) is 12.2 Å². The van der Waals surface area contributed by atoms with E-state index < -0.39 is 6.04 Å². The first kappa shape index (κ1) is 23.1. The summed E-state index contributed by atoms with van der Waals surface area (Å²) in [5.74, 6) is 0.582. The summed E-state index contributed by atoms with van der Waals surface area (Å²) in [6.45, 7) is 8.44. The third kappa shape index (κ3) is 6.70. The number of hydrogen-bond acceptors (Lipinski definition) is 3. The number of nitrogens with one attached hydrogen (secondary N) is 4. The van der Waals surface area contributed by atoms with Crippen LogP contribution in [0.2, 0.25) is 0 Å². The molecule has 1 aliphatic carbocycles. The van der Waals surface area contributed by atoms with Crippen molar-refractivity contribution in [1.82, 2.24) is 21.5 Å². The van der Waals surface area contributed by atoms with Crippen LogP contribution >= 0.6 is 12.2 Å². The number of thiocarbonyl (C=S) groups is 1. The highest BCUT2D eigenvalue weighted by molar-refractivity contribution is 7.80. The van der Waals surface area contributed by atoms with Gasteiger partial charge < -0.3 is 10.6 Å². The lowest BCUT2D eigenvalue weighted by molar-refractivity contribution is -0.124. The fraction of sp³-hybridized carbons (Fsp3) is 0.591. The number of hydrogen-bond donors (Lipinski definition) is 4. The van der Waals surface area contributed by atoms with Crippen LogP contribution in [0, 0.1) is 17.8 Å². The summed E-state index contributed by atoms with van der Waals surface area (Å²) in [4.78, 5) is 25.2. The molecule has 0 unspecified atom stereocenters. The first-order valence-electron chi connectivity index (χ1n) is 10.6. The molecule has 0 bridgehead atoms. The van der Waals surface area contributed by atoms with Gasteiger partial charge in [-0.3, -0.25) is 20.4 Å². The van der Waals surface area contributed by atoms with Crippen molar-refractivity contribution in [3.05, 3.63) is 35.9 Å². The maximum absolute atomic E-state index is 12.7. The summed E-state index contributed by atoms with van der Waals surface area (Å²) >= 11 is 5.37.